The maximum absolute atomic E-state index is 12.7. The minimum absolute atomic E-state index is 0.0292. The van der Waals surface area contributed by atoms with Crippen LogP contribution in [0.4, 0.5) is 19.0 Å². The van der Waals surface area contributed by atoms with Crippen LogP contribution in [0.3, 0.4) is 0 Å². The lowest BCUT2D eigenvalue weighted by molar-refractivity contribution is -0.165. The highest BCUT2D eigenvalue weighted by Gasteiger charge is 2.41. The molecular formula is C12H13F3N6O2. The summed E-state index contributed by atoms with van der Waals surface area (Å²) in [5.41, 5.74) is 5.97. The number of tetrazole rings is 1. The van der Waals surface area contributed by atoms with Gasteiger partial charge in [0.2, 0.25) is 0 Å². The molecule has 2 heterocycles. The molecule has 0 aromatic carbocycles. The summed E-state index contributed by atoms with van der Waals surface area (Å²) in [5.74, 6) is -4.18. The van der Waals surface area contributed by atoms with Gasteiger partial charge < -0.3 is 10.8 Å². The van der Waals surface area contributed by atoms with E-state index < -0.39 is 30.4 Å². The van der Waals surface area contributed by atoms with E-state index in [2.05, 4.69) is 25.6 Å². The van der Waals surface area contributed by atoms with Crippen LogP contribution in [-0.2, 0) is 11.2 Å². The third-order valence-corrected chi connectivity index (χ3v) is 3.27. The SMILES string of the molecule is Nc1ccc(C[C@H](c2nnn[nH]2)[C@H](CC(F)(F)F)C(=O)O)cn1. The van der Waals surface area contributed by atoms with Crippen molar-refractivity contribution in [1.82, 2.24) is 25.6 Å². The predicted molar refractivity (Wildman–Crippen MR) is 71.1 cm³/mol. The van der Waals surface area contributed by atoms with Crippen molar-refractivity contribution < 1.29 is 23.1 Å². The lowest BCUT2D eigenvalue weighted by Crippen LogP contribution is -2.30. The number of nitrogen functional groups attached to an aromatic ring is 1. The Hall–Kier alpha value is -2.72. The molecule has 0 radical (unpaired) electrons. The number of aliphatic carboxylic acids is 1. The molecule has 0 unspecified atom stereocenters. The summed E-state index contributed by atoms with van der Waals surface area (Å²) in [6.07, 6.45) is -4.78. The van der Waals surface area contributed by atoms with E-state index in [1.54, 1.807) is 6.07 Å². The summed E-state index contributed by atoms with van der Waals surface area (Å²) in [4.78, 5) is 15.2. The Balaban J connectivity index is 2.32. The van der Waals surface area contributed by atoms with Crippen molar-refractivity contribution in [2.75, 3.05) is 5.73 Å². The molecule has 2 aromatic heterocycles. The Bertz CT molecular complexity index is 644. The third kappa shape index (κ3) is 4.63. The molecule has 124 valence electrons. The number of nitrogens with two attached hydrogens (primary N) is 1. The molecule has 0 amide bonds. The Morgan fingerprint density at radius 2 is 2.13 bits per heavy atom. The van der Waals surface area contributed by atoms with Gasteiger partial charge >= 0.3 is 12.1 Å². The number of carboxylic acid groups (broad SMARTS) is 1. The van der Waals surface area contributed by atoms with E-state index in [4.69, 9.17) is 5.73 Å². The quantitative estimate of drug-likeness (QED) is 0.724. The minimum atomic E-state index is -4.63. The summed E-state index contributed by atoms with van der Waals surface area (Å²) < 4.78 is 38.1. The third-order valence-electron chi connectivity index (χ3n) is 3.27. The first-order chi connectivity index (χ1) is 10.8. The number of carbonyl (C=O) groups is 1. The zero-order valence-corrected chi connectivity index (χ0v) is 11.7. The van der Waals surface area contributed by atoms with Gasteiger partial charge in [-0.2, -0.15) is 13.2 Å². The number of nitrogens with zero attached hydrogens (tertiary/aromatic N) is 4. The van der Waals surface area contributed by atoms with Gasteiger partial charge in [-0.3, -0.25) is 4.79 Å². The number of carboxylic acids is 1. The Labute approximate surface area is 127 Å². The average Bonchev–Trinajstić information content (AvgIpc) is 2.97. The van der Waals surface area contributed by atoms with Gasteiger partial charge in [0.25, 0.3) is 0 Å². The van der Waals surface area contributed by atoms with Crippen molar-refractivity contribution in [3.63, 3.8) is 0 Å². The van der Waals surface area contributed by atoms with E-state index in [9.17, 15) is 23.1 Å². The van der Waals surface area contributed by atoms with E-state index in [-0.39, 0.29) is 18.1 Å². The van der Waals surface area contributed by atoms with E-state index in [1.807, 2.05) is 0 Å². The second-order valence-corrected chi connectivity index (χ2v) is 4.95. The fraction of sp³-hybridized carbons (Fsp3) is 0.417. The molecular weight excluding hydrogens is 317 g/mol. The summed E-state index contributed by atoms with van der Waals surface area (Å²) in [6.45, 7) is 0. The lowest BCUT2D eigenvalue weighted by atomic mass is 9.84. The molecule has 0 aliphatic rings. The summed E-state index contributed by atoms with van der Waals surface area (Å²) >= 11 is 0. The summed E-state index contributed by atoms with van der Waals surface area (Å²) in [5, 5.41) is 21.7. The number of anilines is 1. The number of hydrogen-bond donors (Lipinski definition) is 3. The smallest absolute Gasteiger partial charge is 0.389 e. The van der Waals surface area contributed by atoms with Gasteiger partial charge in [-0.15, -0.1) is 5.10 Å². The van der Waals surface area contributed by atoms with Crippen LogP contribution in [0.2, 0.25) is 0 Å². The van der Waals surface area contributed by atoms with Gasteiger partial charge in [-0.05, 0) is 28.5 Å². The van der Waals surface area contributed by atoms with Crippen LogP contribution >= 0.6 is 0 Å². The molecule has 0 saturated carbocycles. The number of hydrogen-bond acceptors (Lipinski definition) is 6. The highest BCUT2D eigenvalue weighted by atomic mass is 19.4. The predicted octanol–water partition coefficient (Wildman–Crippen LogP) is 1.16. The minimum Gasteiger partial charge on any atom is -0.481 e. The van der Waals surface area contributed by atoms with Gasteiger partial charge in [0, 0.05) is 12.1 Å². The topological polar surface area (TPSA) is 131 Å². The number of halogens is 3. The molecule has 0 spiro atoms. The normalized spacial score (nSPS) is 14.4. The average molecular weight is 330 g/mol. The number of pyridine rings is 1. The van der Waals surface area contributed by atoms with Crippen molar-refractivity contribution in [2.24, 2.45) is 5.92 Å². The number of alkyl halides is 3. The van der Waals surface area contributed by atoms with E-state index in [0.717, 1.165) is 0 Å². The van der Waals surface area contributed by atoms with Crippen molar-refractivity contribution in [1.29, 1.82) is 0 Å². The summed E-state index contributed by atoms with van der Waals surface area (Å²) in [7, 11) is 0. The number of aromatic nitrogens is 5. The largest absolute Gasteiger partial charge is 0.481 e. The standard InChI is InChI=1S/C12H13F3N6O2/c13-12(14,15)4-8(11(22)23)7(10-18-20-21-19-10)3-6-1-2-9(16)17-5-6/h1-2,5,7-8H,3-4H2,(H2,16,17)(H,22,23)(H,18,19,20,21)/t7-,8-/m0/s1. The van der Waals surface area contributed by atoms with Crippen molar-refractivity contribution in [3.05, 3.63) is 29.7 Å². The molecule has 0 fully saturated rings. The molecule has 4 N–H and O–H groups in total. The Morgan fingerprint density at radius 3 is 2.61 bits per heavy atom. The van der Waals surface area contributed by atoms with Gasteiger partial charge in [-0.1, -0.05) is 6.07 Å². The molecule has 11 heteroatoms. The molecule has 2 rings (SSSR count). The Kier molecular flexibility index (Phi) is 4.77. The van der Waals surface area contributed by atoms with Crippen molar-refractivity contribution in [2.45, 2.75) is 24.9 Å². The first-order valence-electron chi connectivity index (χ1n) is 6.50. The van der Waals surface area contributed by atoms with E-state index in [1.165, 1.54) is 12.3 Å². The first kappa shape index (κ1) is 16.6. The molecule has 2 atom stereocenters. The van der Waals surface area contributed by atoms with Crippen LogP contribution in [-0.4, -0.2) is 42.9 Å². The van der Waals surface area contributed by atoms with Crippen LogP contribution < -0.4 is 5.73 Å². The van der Waals surface area contributed by atoms with Gasteiger partial charge in [0.15, 0.2) is 5.82 Å². The first-order valence-corrected chi connectivity index (χ1v) is 6.50. The van der Waals surface area contributed by atoms with Crippen LogP contribution in [0.1, 0.15) is 23.7 Å². The molecule has 0 aliphatic heterocycles. The zero-order valence-electron chi connectivity index (χ0n) is 11.7. The van der Waals surface area contributed by atoms with Gasteiger partial charge in [-0.25, -0.2) is 10.1 Å². The highest BCUT2D eigenvalue weighted by Crippen LogP contribution is 2.35. The summed E-state index contributed by atoms with van der Waals surface area (Å²) in [6, 6.07) is 3.04. The fourth-order valence-electron chi connectivity index (χ4n) is 2.21. The van der Waals surface area contributed by atoms with Crippen LogP contribution in [0.15, 0.2) is 18.3 Å². The van der Waals surface area contributed by atoms with E-state index >= 15 is 0 Å². The molecule has 23 heavy (non-hydrogen) atoms. The molecule has 0 aliphatic carbocycles. The molecule has 2 aromatic rings. The van der Waals surface area contributed by atoms with Crippen LogP contribution in [0.25, 0.3) is 0 Å². The number of nitrogens with one attached hydrogen (secondary N) is 1. The maximum Gasteiger partial charge on any atom is 0.389 e. The van der Waals surface area contributed by atoms with E-state index in [0.29, 0.717) is 5.56 Å². The maximum atomic E-state index is 12.7. The zero-order chi connectivity index (χ0) is 17.0. The number of H-pyrrole nitrogens is 1. The molecule has 0 bridgehead atoms. The highest BCUT2D eigenvalue weighted by molar-refractivity contribution is 5.71. The number of rotatable bonds is 6. The van der Waals surface area contributed by atoms with Crippen molar-refractivity contribution in [3.8, 4) is 0 Å². The van der Waals surface area contributed by atoms with Crippen LogP contribution in [0.5, 0.6) is 0 Å². The fourth-order valence-corrected chi connectivity index (χ4v) is 2.21. The van der Waals surface area contributed by atoms with Gasteiger partial charge in [0.05, 0.1) is 12.3 Å². The molecule has 8 nitrogen and oxygen atoms in total. The van der Waals surface area contributed by atoms with Crippen LogP contribution in [0, 0.1) is 5.92 Å². The van der Waals surface area contributed by atoms with Crippen molar-refractivity contribution >= 4 is 11.8 Å². The number of aromatic amines is 1. The Morgan fingerprint density at radius 1 is 1.39 bits per heavy atom. The van der Waals surface area contributed by atoms with Gasteiger partial charge in [0.1, 0.15) is 5.82 Å². The lowest BCUT2D eigenvalue weighted by Gasteiger charge is -2.22. The monoisotopic (exact) mass is 330 g/mol. The second kappa shape index (κ2) is 6.58. The molecule has 0 saturated heterocycles. The second-order valence-electron chi connectivity index (χ2n) is 4.95.